The molecule has 0 aliphatic carbocycles. The van der Waals surface area contributed by atoms with Crippen molar-refractivity contribution in [2.75, 3.05) is 12.9 Å². The summed E-state index contributed by atoms with van der Waals surface area (Å²) in [5.41, 5.74) is 1.16. The van der Waals surface area contributed by atoms with E-state index in [4.69, 9.17) is 4.74 Å². The zero-order valence-electron chi connectivity index (χ0n) is 9.78. The van der Waals surface area contributed by atoms with Gasteiger partial charge in [0.1, 0.15) is 5.75 Å². The Kier molecular flexibility index (Phi) is 6.16. The Balaban J connectivity index is 2.69. The monoisotopic (exact) mass is 310 g/mol. The van der Waals surface area contributed by atoms with Crippen molar-refractivity contribution in [3.8, 4) is 5.75 Å². The molecule has 90 valence electrons. The molecule has 3 heteroatoms. The summed E-state index contributed by atoms with van der Waals surface area (Å²) in [6.45, 7) is 7.46. The van der Waals surface area contributed by atoms with E-state index in [0.717, 1.165) is 21.5 Å². The second-order valence-electron chi connectivity index (χ2n) is 3.27. The third-order valence-electron chi connectivity index (χ3n) is 2.12. The quantitative estimate of drug-likeness (QED) is 0.549. The Morgan fingerprint density at radius 3 is 2.76 bits per heavy atom. The van der Waals surface area contributed by atoms with Crippen molar-refractivity contribution >= 4 is 27.7 Å². The summed E-state index contributed by atoms with van der Waals surface area (Å²) < 4.78 is 6.16. The van der Waals surface area contributed by atoms with Gasteiger partial charge in [0, 0.05) is 10.6 Å². The Labute approximate surface area is 115 Å². The van der Waals surface area contributed by atoms with Crippen molar-refractivity contribution in [2.45, 2.75) is 4.90 Å². The van der Waals surface area contributed by atoms with E-state index in [2.05, 4.69) is 35.2 Å². The molecule has 0 radical (unpaired) electrons. The highest BCUT2D eigenvalue weighted by atomic mass is 79.9. The van der Waals surface area contributed by atoms with Crippen LogP contribution in [0.3, 0.4) is 0 Å². The van der Waals surface area contributed by atoms with Crippen molar-refractivity contribution in [3.05, 3.63) is 59.6 Å². The summed E-state index contributed by atoms with van der Waals surface area (Å²) >= 11 is 5.23. The van der Waals surface area contributed by atoms with Gasteiger partial charge in [0.2, 0.25) is 0 Å². The smallest absolute Gasteiger partial charge is 0.133 e. The first kappa shape index (κ1) is 14.1. The molecule has 1 aromatic rings. The van der Waals surface area contributed by atoms with Crippen LogP contribution < -0.4 is 4.74 Å². The zero-order chi connectivity index (χ0) is 12.7. The standard InChI is InChI=1S/C14H15BrOS/c1-4-6-11(5-2)10-17-12-7-8-14(16-3)13(15)9-12/h4-9H,1-2,10H2,3H3/b11-6+. The molecule has 0 aromatic heterocycles. The lowest BCUT2D eigenvalue weighted by atomic mass is 10.3. The van der Waals surface area contributed by atoms with Gasteiger partial charge in [-0.1, -0.05) is 31.4 Å². The molecule has 1 nitrogen and oxygen atoms in total. The largest absolute Gasteiger partial charge is 0.496 e. The van der Waals surface area contributed by atoms with E-state index >= 15 is 0 Å². The fourth-order valence-electron chi connectivity index (χ4n) is 1.23. The van der Waals surface area contributed by atoms with Crippen LogP contribution in [0.1, 0.15) is 0 Å². The number of rotatable bonds is 6. The summed E-state index contributed by atoms with van der Waals surface area (Å²) in [5.74, 6) is 1.73. The Bertz CT molecular complexity index is 438. The fourth-order valence-corrected chi connectivity index (χ4v) is 2.84. The first-order valence-corrected chi connectivity index (χ1v) is 6.89. The van der Waals surface area contributed by atoms with Gasteiger partial charge in [-0.3, -0.25) is 0 Å². The first-order valence-electron chi connectivity index (χ1n) is 5.11. The molecule has 1 aromatic carbocycles. The van der Waals surface area contributed by atoms with Gasteiger partial charge in [-0.2, -0.15) is 0 Å². The number of benzene rings is 1. The Morgan fingerprint density at radius 2 is 2.24 bits per heavy atom. The Morgan fingerprint density at radius 1 is 1.47 bits per heavy atom. The van der Waals surface area contributed by atoms with E-state index in [-0.39, 0.29) is 0 Å². The normalized spacial score (nSPS) is 11.1. The van der Waals surface area contributed by atoms with Gasteiger partial charge in [-0.25, -0.2) is 0 Å². The van der Waals surface area contributed by atoms with E-state index in [0.29, 0.717) is 0 Å². The molecule has 0 spiro atoms. The summed E-state index contributed by atoms with van der Waals surface area (Å²) in [4.78, 5) is 1.19. The lowest BCUT2D eigenvalue weighted by Gasteiger charge is -2.06. The molecule has 0 atom stereocenters. The van der Waals surface area contributed by atoms with Crippen molar-refractivity contribution in [3.63, 3.8) is 0 Å². The van der Waals surface area contributed by atoms with Crippen LogP contribution >= 0.6 is 27.7 Å². The van der Waals surface area contributed by atoms with E-state index in [1.807, 2.05) is 24.3 Å². The average Bonchev–Trinajstić information content (AvgIpc) is 2.34. The molecule has 0 aliphatic heterocycles. The lowest BCUT2D eigenvalue weighted by Crippen LogP contribution is -1.86. The van der Waals surface area contributed by atoms with Crippen LogP contribution in [-0.2, 0) is 0 Å². The van der Waals surface area contributed by atoms with Gasteiger partial charge in [-0.15, -0.1) is 11.8 Å². The number of allylic oxidation sites excluding steroid dienone is 3. The SMILES string of the molecule is C=C/C=C(\C=C)CSc1ccc(OC)c(Br)c1. The second-order valence-corrected chi connectivity index (χ2v) is 5.17. The zero-order valence-corrected chi connectivity index (χ0v) is 12.2. The third-order valence-corrected chi connectivity index (χ3v) is 3.81. The predicted molar refractivity (Wildman–Crippen MR) is 79.9 cm³/mol. The highest BCUT2D eigenvalue weighted by molar-refractivity contribution is 9.10. The van der Waals surface area contributed by atoms with Crippen LogP contribution in [0.5, 0.6) is 5.75 Å². The maximum Gasteiger partial charge on any atom is 0.133 e. The van der Waals surface area contributed by atoms with Crippen LogP contribution in [0.2, 0.25) is 0 Å². The minimum Gasteiger partial charge on any atom is -0.496 e. The molecule has 0 fully saturated rings. The van der Waals surface area contributed by atoms with Crippen molar-refractivity contribution in [1.82, 2.24) is 0 Å². The average molecular weight is 311 g/mol. The maximum atomic E-state index is 5.19. The lowest BCUT2D eigenvalue weighted by molar-refractivity contribution is 0.412. The van der Waals surface area contributed by atoms with E-state index < -0.39 is 0 Å². The maximum absolute atomic E-state index is 5.19. The van der Waals surface area contributed by atoms with Gasteiger partial charge < -0.3 is 4.74 Å². The predicted octanol–water partition coefficient (Wildman–Crippen LogP) is 4.85. The number of hydrogen-bond donors (Lipinski definition) is 0. The molecule has 0 heterocycles. The van der Waals surface area contributed by atoms with Crippen molar-refractivity contribution < 1.29 is 4.74 Å². The van der Waals surface area contributed by atoms with E-state index in [1.54, 1.807) is 24.9 Å². The summed E-state index contributed by atoms with van der Waals surface area (Å²) in [7, 11) is 1.66. The molecular formula is C14H15BrOS. The van der Waals surface area contributed by atoms with Gasteiger partial charge in [-0.05, 0) is 39.7 Å². The molecule has 0 saturated carbocycles. The van der Waals surface area contributed by atoms with Gasteiger partial charge in [0.25, 0.3) is 0 Å². The van der Waals surface area contributed by atoms with Crippen LogP contribution in [0.4, 0.5) is 0 Å². The fraction of sp³-hybridized carbons (Fsp3) is 0.143. The molecule has 0 N–H and O–H groups in total. The van der Waals surface area contributed by atoms with Crippen LogP contribution in [0.25, 0.3) is 0 Å². The van der Waals surface area contributed by atoms with Crippen molar-refractivity contribution in [2.24, 2.45) is 0 Å². The molecule has 1 rings (SSSR count). The van der Waals surface area contributed by atoms with E-state index in [1.165, 1.54) is 4.90 Å². The van der Waals surface area contributed by atoms with Gasteiger partial charge >= 0.3 is 0 Å². The summed E-state index contributed by atoms with van der Waals surface area (Å²) in [6, 6.07) is 6.05. The molecular weight excluding hydrogens is 296 g/mol. The number of methoxy groups -OCH3 is 1. The molecule has 0 aliphatic rings. The molecule has 0 amide bonds. The van der Waals surface area contributed by atoms with Gasteiger partial charge in [0.15, 0.2) is 0 Å². The second kappa shape index (κ2) is 7.41. The minimum atomic E-state index is 0.847. The van der Waals surface area contributed by atoms with Crippen molar-refractivity contribution in [1.29, 1.82) is 0 Å². The number of thioether (sulfide) groups is 1. The topological polar surface area (TPSA) is 9.23 Å². The first-order chi connectivity index (χ1) is 8.21. The highest BCUT2D eigenvalue weighted by Gasteiger charge is 2.02. The molecule has 17 heavy (non-hydrogen) atoms. The number of hydrogen-bond acceptors (Lipinski definition) is 2. The van der Waals surface area contributed by atoms with E-state index in [9.17, 15) is 0 Å². The third kappa shape index (κ3) is 4.44. The molecule has 0 bridgehead atoms. The Hall–Kier alpha value is -0.930. The van der Waals surface area contributed by atoms with Crippen LogP contribution in [0.15, 0.2) is 64.5 Å². The summed E-state index contributed by atoms with van der Waals surface area (Å²) in [6.07, 6.45) is 5.60. The number of ether oxygens (including phenoxy) is 1. The molecule has 0 unspecified atom stereocenters. The highest BCUT2D eigenvalue weighted by Crippen LogP contribution is 2.30. The van der Waals surface area contributed by atoms with Crippen LogP contribution in [-0.4, -0.2) is 12.9 Å². The molecule has 0 saturated heterocycles. The minimum absolute atomic E-state index is 0.847. The van der Waals surface area contributed by atoms with Crippen LogP contribution in [0, 0.1) is 0 Å². The number of halogens is 1. The summed E-state index contributed by atoms with van der Waals surface area (Å²) in [5, 5.41) is 0. The van der Waals surface area contributed by atoms with Gasteiger partial charge in [0.05, 0.1) is 11.6 Å².